The van der Waals surface area contributed by atoms with Gasteiger partial charge in [0.05, 0.1) is 0 Å². The molecule has 5 heteroatoms. The van der Waals surface area contributed by atoms with E-state index in [9.17, 15) is 0 Å². The average molecular weight is 288 g/mol. The number of aryl methyl sites for hydroxylation is 1. The fourth-order valence-corrected chi connectivity index (χ4v) is 1.99. The molecule has 1 aromatic heterocycles. The van der Waals surface area contributed by atoms with Gasteiger partial charge >= 0.3 is 6.01 Å². The molecule has 0 unspecified atom stereocenters. The van der Waals surface area contributed by atoms with Gasteiger partial charge in [0.1, 0.15) is 0 Å². The van der Waals surface area contributed by atoms with Crippen molar-refractivity contribution < 1.29 is 4.52 Å². The van der Waals surface area contributed by atoms with Gasteiger partial charge in [0.2, 0.25) is 0 Å². The zero-order chi connectivity index (χ0) is 15.2. The van der Waals surface area contributed by atoms with Crippen LogP contribution in [0.25, 0.3) is 0 Å². The van der Waals surface area contributed by atoms with Crippen molar-refractivity contribution >= 4 is 11.7 Å². The Labute approximate surface area is 126 Å². The first-order valence-electron chi connectivity index (χ1n) is 7.40. The summed E-state index contributed by atoms with van der Waals surface area (Å²) in [5.74, 6) is 1.04. The third kappa shape index (κ3) is 4.48. The molecule has 1 heterocycles. The van der Waals surface area contributed by atoms with Gasteiger partial charge < -0.3 is 14.7 Å². The lowest BCUT2D eigenvalue weighted by Gasteiger charge is -2.12. The van der Waals surface area contributed by atoms with Crippen molar-refractivity contribution in [2.75, 3.05) is 30.9 Å². The number of aromatic nitrogens is 2. The molecule has 2 aromatic rings. The maximum absolute atomic E-state index is 5.14. The lowest BCUT2D eigenvalue weighted by atomic mass is 10.1. The smallest absolute Gasteiger partial charge is 0.321 e. The highest BCUT2D eigenvalue weighted by Gasteiger charge is 2.08. The van der Waals surface area contributed by atoms with E-state index in [0.29, 0.717) is 11.9 Å². The Morgan fingerprint density at radius 2 is 1.90 bits per heavy atom. The molecular weight excluding hydrogens is 264 g/mol. The average Bonchev–Trinajstić information content (AvgIpc) is 2.93. The minimum Gasteiger partial charge on any atom is -0.378 e. The number of hydrogen-bond donors (Lipinski definition) is 1. The van der Waals surface area contributed by atoms with Crippen molar-refractivity contribution in [3.05, 3.63) is 35.7 Å². The highest BCUT2D eigenvalue weighted by atomic mass is 16.5. The lowest BCUT2D eigenvalue weighted by Crippen LogP contribution is -2.08. The van der Waals surface area contributed by atoms with Gasteiger partial charge in [-0.15, -0.1) is 0 Å². The Morgan fingerprint density at radius 3 is 2.48 bits per heavy atom. The number of nitrogens with one attached hydrogen (secondary N) is 1. The van der Waals surface area contributed by atoms with Crippen LogP contribution < -0.4 is 10.2 Å². The van der Waals surface area contributed by atoms with Crippen molar-refractivity contribution in [1.29, 1.82) is 0 Å². The van der Waals surface area contributed by atoms with E-state index in [-0.39, 0.29) is 0 Å². The topological polar surface area (TPSA) is 54.2 Å². The van der Waals surface area contributed by atoms with Crippen molar-refractivity contribution in [2.45, 2.75) is 32.6 Å². The second-order valence-electron chi connectivity index (χ2n) is 5.70. The van der Waals surface area contributed by atoms with E-state index in [2.05, 4.69) is 58.7 Å². The molecule has 0 aliphatic carbocycles. The van der Waals surface area contributed by atoms with E-state index in [4.69, 9.17) is 4.52 Å². The standard InChI is InChI=1S/C16H24N4O/c1-12(2)15-18-16(21-19-15)17-11-5-6-13-7-9-14(10-8-13)20(3)4/h7-10,12H,5-6,11H2,1-4H3,(H,17,18,19). The summed E-state index contributed by atoms with van der Waals surface area (Å²) < 4.78 is 5.14. The summed E-state index contributed by atoms with van der Waals surface area (Å²) in [6.07, 6.45) is 2.06. The van der Waals surface area contributed by atoms with E-state index in [1.807, 2.05) is 13.8 Å². The Bertz CT molecular complexity index is 546. The fourth-order valence-electron chi connectivity index (χ4n) is 1.99. The van der Waals surface area contributed by atoms with Crippen LogP contribution in [0.5, 0.6) is 0 Å². The van der Waals surface area contributed by atoms with Crippen LogP contribution in [0.1, 0.15) is 37.6 Å². The van der Waals surface area contributed by atoms with Crippen LogP contribution >= 0.6 is 0 Å². The number of nitrogens with zero attached hydrogens (tertiary/aromatic N) is 3. The largest absolute Gasteiger partial charge is 0.378 e. The maximum Gasteiger partial charge on any atom is 0.321 e. The normalized spacial score (nSPS) is 10.9. The maximum atomic E-state index is 5.14. The van der Waals surface area contributed by atoms with Gasteiger partial charge in [0.15, 0.2) is 5.82 Å². The second kappa shape index (κ2) is 7.11. The molecule has 0 aliphatic heterocycles. The molecular formula is C16H24N4O. The number of benzene rings is 1. The molecule has 2 rings (SSSR count). The molecule has 0 saturated heterocycles. The van der Waals surface area contributed by atoms with E-state index in [1.54, 1.807) is 0 Å². The number of hydrogen-bond acceptors (Lipinski definition) is 5. The molecule has 114 valence electrons. The zero-order valence-corrected chi connectivity index (χ0v) is 13.3. The minimum atomic E-state index is 0.291. The third-order valence-corrected chi connectivity index (χ3v) is 3.33. The number of anilines is 2. The van der Waals surface area contributed by atoms with E-state index >= 15 is 0 Å². The quantitative estimate of drug-likeness (QED) is 0.792. The lowest BCUT2D eigenvalue weighted by molar-refractivity contribution is 0.419. The first-order valence-corrected chi connectivity index (χ1v) is 7.40. The van der Waals surface area contributed by atoms with Crippen LogP contribution in [0.4, 0.5) is 11.7 Å². The van der Waals surface area contributed by atoms with Crippen LogP contribution in [0.15, 0.2) is 28.8 Å². The Morgan fingerprint density at radius 1 is 1.19 bits per heavy atom. The summed E-state index contributed by atoms with van der Waals surface area (Å²) in [6.45, 7) is 4.92. The summed E-state index contributed by atoms with van der Waals surface area (Å²) in [5.41, 5.74) is 2.57. The number of rotatable bonds is 7. The molecule has 0 radical (unpaired) electrons. The predicted octanol–water partition coefficient (Wildman–Crippen LogP) is 3.30. The Hall–Kier alpha value is -2.04. The summed E-state index contributed by atoms with van der Waals surface area (Å²) in [5, 5.41) is 7.10. The monoisotopic (exact) mass is 288 g/mol. The molecule has 5 nitrogen and oxygen atoms in total. The van der Waals surface area contributed by atoms with E-state index in [1.165, 1.54) is 11.3 Å². The Kier molecular flexibility index (Phi) is 5.20. The van der Waals surface area contributed by atoms with Crippen molar-refractivity contribution in [1.82, 2.24) is 10.1 Å². The SMILES string of the molecule is CC(C)c1noc(NCCCc2ccc(N(C)C)cc2)n1. The van der Waals surface area contributed by atoms with Crippen LogP contribution in [-0.4, -0.2) is 30.8 Å². The highest BCUT2D eigenvalue weighted by molar-refractivity contribution is 5.46. The molecule has 0 fully saturated rings. The molecule has 0 atom stereocenters. The molecule has 0 aliphatic rings. The fraction of sp³-hybridized carbons (Fsp3) is 0.500. The third-order valence-electron chi connectivity index (χ3n) is 3.33. The van der Waals surface area contributed by atoms with Gasteiger partial charge in [-0.05, 0) is 30.5 Å². The molecule has 1 N–H and O–H groups in total. The summed E-state index contributed by atoms with van der Waals surface area (Å²) in [6, 6.07) is 9.17. The predicted molar refractivity (Wildman–Crippen MR) is 86.0 cm³/mol. The molecule has 0 amide bonds. The zero-order valence-electron chi connectivity index (χ0n) is 13.3. The molecule has 0 spiro atoms. The molecule has 1 aromatic carbocycles. The minimum absolute atomic E-state index is 0.291. The molecule has 0 saturated carbocycles. The van der Waals surface area contributed by atoms with Gasteiger partial charge in [0, 0.05) is 32.2 Å². The molecule has 0 bridgehead atoms. The van der Waals surface area contributed by atoms with Gasteiger partial charge in [-0.25, -0.2) is 0 Å². The van der Waals surface area contributed by atoms with Gasteiger partial charge in [-0.1, -0.05) is 31.1 Å². The molecule has 21 heavy (non-hydrogen) atoms. The van der Waals surface area contributed by atoms with Gasteiger partial charge in [-0.2, -0.15) is 4.98 Å². The second-order valence-corrected chi connectivity index (χ2v) is 5.70. The first-order chi connectivity index (χ1) is 10.1. The summed E-state index contributed by atoms with van der Waals surface area (Å²) in [7, 11) is 4.10. The van der Waals surface area contributed by atoms with Crippen molar-refractivity contribution in [3.63, 3.8) is 0 Å². The van der Waals surface area contributed by atoms with Crippen molar-refractivity contribution in [3.8, 4) is 0 Å². The van der Waals surface area contributed by atoms with Crippen LogP contribution in [0.2, 0.25) is 0 Å². The van der Waals surface area contributed by atoms with Crippen LogP contribution in [0, 0.1) is 0 Å². The van der Waals surface area contributed by atoms with Gasteiger partial charge in [-0.3, -0.25) is 0 Å². The van der Waals surface area contributed by atoms with Crippen LogP contribution in [0.3, 0.4) is 0 Å². The summed E-state index contributed by atoms with van der Waals surface area (Å²) >= 11 is 0. The van der Waals surface area contributed by atoms with Crippen LogP contribution in [-0.2, 0) is 6.42 Å². The van der Waals surface area contributed by atoms with E-state index in [0.717, 1.165) is 25.2 Å². The first kappa shape index (κ1) is 15.4. The highest BCUT2D eigenvalue weighted by Crippen LogP contribution is 2.14. The van der Waals surface area contributed by atoms with E-state index < -0.39 is 0 Å². The summed E-state index contributed by atoms with van der Waals surface area (Å²) in [4.78, 5) is 6.40. The van der Waals surface area contributed by atoms with Crippen molar-refractivity contribution in [2.24, 2.45) is 0 Å². The van der Waals surface area contributed by atoms with Gasteiger partial charge in [0.25, 0.3) is 0 Å². The Balaban J connectivity index is 1.73.